The third kappa shape index (κ3) is 4.76. The molecular formula is C23H29N5O4. The summed E-state index contributed by atoms with van der Waals surface area (Å²) in [6.07, 6.45) is 3.57. The number of hydrogen-bond acceptors (Lipinski definition) is 6. The first-order valence-corrected chi connectivity index (χ1v) is 10.9. The molecule has 1 aromatic heterocycles. The lowest BCUT2D eigenvalue weighted by Gasteiger charge is -2.22. The Bertz CT molecular complexity index is 965. The van der Waals surface area contributed by atoms with E-state index in [1.165, 1.54) is 25.1 Å². The Balaban J connectivity index is 1.30. The molecule has 1 aromatic carbocycles. The van der Waals surface area contributed by atoms with E-state index in [4.69, 9.17) is 9.47 Å². The normalized spacial score (nSPS) is 18.6. The number of rotatable bonds is 7. The van der Waals surface area contributed by atoms with E-state index in [1.807, 2.05) is 12.1 Å². The van der Waals surface area contributed by atoms with Gasteiger partial charge in [-0.15, -0.1) is 0 Å². The van der Waals surface area contributed by atoms with Gasteiger partial charge in [-0.2, -0.15) is 4.98 Å². The number of benzene rings is 1. The molecule has 0 radical (unpaired) electrons. The average molecular weight is 440 g/mol. The second-order valence-corrected chi connectivity index (χ2v) is 8.37. The van der Waals surface area contributed by atoms with Crippen molar-refractivity contribution in [1.82, 2.24) is 19.8 Å². The van der Waals surface area contributed by atoms with Gasteiger partial charge < -0.3 is 19.3 Å². The molecule has 0 bridgehead atoms. The van der Waals surface area contributed by atoms with Gasteiger partial charge in [-0.25, -0.2) is 4.79 Å². The van der Waals surface area contributed by atoms with Crippen molar-refractivity contribution in [2.45, 2.75) is 32.3 Å². The van der Waals surface area contributed by atoms with Crippen molar-refractivity contribution in [3.63, 3.8) is 0 Å². The maximum atomic E-state index is 12.9. The van der Waals surface area contributed by atoms with Crippen molar-refractivity contribution in [2.24, 2.45) is 0 Å². The molecule has 9 heteroatoms. The highest BCUT2D eigenvalue weighted by molar-refractivity contribution is 5.96. The first kappa shape index (κ1) is 21.9. The Kier molecular flexibility index (Phi) is 6.43. The van der Waals surface area contributed by atoms with E-state index in [2.05, 4.69) is 35.9 Å². The van der Waals surface area contributed by atoms with Gasteiger partial charge >= 0.3 is 6.03 Å². The Morgan fingerprint density at radius 2 is 1.88 bits per heavy atom. The van der Waals surface area contributed by atoms with Crippen LogP contribution in [0.4, 0.5) is 10.5 Å². The van der Waals surface area contributed by atoms with E-state index < -0.39 is 0 Å². The third-order valence-electron chi connectivity index (χ3n) is 5.88. The highest BCUT2D eigenvalue weighted by Gasteiger charge is 2.34. The second-order valence-electron chi connectivity index (χ2n) is 8.37. The molecule has 1 atom stereocenters. The third-order valence-corrected chi connectivity index (χ3v) is 5.88. The number of carbonyl (C=O) groups is 2. The van der Waals surface area contributed by atoms with Crippen LogP contribution in [0.3, 0.4) is 0 Å². The molecule has 3 amide bonds. The molecule has 0 aliphatic carbocycles. The highest BCUT2D eigenvalue weighted by atomic mass is 16.5. The summed E-state index contributed by atoms with van der Waals surface area (Å²) in [6.45, 7) is 6.51. The molecule has 2 fully saturated rings. The molecule has 0 saturated carbocycles. The Hall–Kier alpha value is -3.36. The number of amides is 3. The number of hydrogen-bond donors (Lipinski definition) is 0. The number of ether oxygens (including phenoxy) is 2. The number of aromatic nitrogens is 2. The number of carbonyl (C=O) groups excluding carboxylic acids is 2. The molecule has 4 rings (SSSR count). The lowest BCUT2D eigenvalue weighted by molar-refractivity contribution is -0.130. The van der Waals surface area contributed by atoms with E-state index in [1.54, 1.807) is 14.7 Å². The van der Waals surface area contributed by atoms with E-state index in [0.29, 0.717) is 50.3 Å². The topological polar surface area (TPSA) is 88.1 Å². The lowest BCUT2D eigenvalue weighted by Crippen LogP contribution is -2.42. The Morgan fingerprint density at radius 3 is 2.59 bits per heavy atom. The van der Waals surface area contributed by atoms with Crippen LogP contribution in [-0.2, 0) is 4.79 Å². The van der Waals surface area contributed by atoms with Crippen LogP contribution in [0.2, 0.25) is 0 Å². The average Bonchev–Trinajstić information content (AvgIpc) is 3.41. The monoisotopic (exact) mass is 439 g/mol. The zero-order chi connectivity index (χ0) is 22.7. The van der Waals surface area contributed by atoms with Crippen molar-refractivity contribution in [2.75, 3.05) is 44.7 Å². The van der Waals surface area contributed by atoms with Crippen molar-refractivity contribution < 1.29 is 19.1 Å². The quantitative estimate of drug-likeness (QED) is 0.659. The molecule has 2 aliphatic heterocycles. The van der Waals surface area contributed by atoms with Crippen LogP contribution >= 0.6 is 0 Å². The van der Waals surface area contributed by atoms with E-state index in [9.17, 15) is 9.59 Å². The maximum Gasteiger partial charge on any atom is 0.325 e. The molecule has 3 heterocycles. The summed E-state index contributed by atoms with van der Waals surface area (Å²) < 4.78 is 10.9. The van der Waals surface area contributed by atoms with Crippen molar-refractivity contribution in [1.29, 1.82) is 0 Å². The van der Waals surface area contributed by atoms with Crippen LogP contribution in [0.25, 0.3) is 0 Å². The van der Waals surface area contributed by atoms with Crippen molar-refractivity contribution >= 4 is 17.6 Å². The predicted molar refractivity (Wildman–Crippen MR) is 119 cm³/mol. The standard InChI is InChI=1S/C23H29N5O4/c1-16(2)17-4-6-18(7-5-17)28-11-10-27(23(28)30)15-22(29)26-9-8-19(14-26)32-21-13-24-12-20(25-21)31-3/h4-7,12-13,16,19H,8-11,14-15H2,1-3H3. The van der Waals surface area contributed by atoms with Gasteiger partial charge in [-0.3, -0.25) is 14.7 Å². The summed E-state index contributed by atoms with van der Waals surface area (Å²) in [5, 5.41) is 0. The first-order valence-electron chi connectivity index (χ1n) is 10.9. The van der Waals surface area contributed by atoms with Crippen LogP contribution in [0.5, 0.6) is 11.8 Å². The minimum Gasteiger partial charge on any atom is -0.480 e. The van der Waals surface area contributed by atoms with Gasteiger partial charge in [-0.05, 0) is 23.6 Å². The van der Waals surface area contributed by atoms with E-state index in [0.717, 1.165) is 5.69 Å². The fraction of sp³-hybridized carbons (Fsp3) is 0.478. The predicted octanol–water partition coefficient (Wildman–Crippen LogP) is 2.53. The summed E-state index contributed by atoms with van der Waals surface area (Å²) in [5.74, 6) is 1.12. The minimum absolute atomic E-state index is 0.0711. The fourth-order valence-electron chi connectivity index (χ4n) is 3.98. The molecule has 2 aromatic rings. The molecule has 2 saturated heterocycles. The molecule has 170 valence electrons. The molecule has 2 aliphatic rings. The summed E-state index contributed by atoms with van der Waals surface area (Å²) in [7, 11) is 1.52. The number of methoxy groups -OCH3 is 1. The molecule has 0 N–H and O–H groups in total. The molecular weight excluding hydrogens is 410 g/mol. The number of urea groups is 1. The SMILES string of the molecule is COc1cncc(OC2CCN(C(=O)CN3CCN(c4ccc(C(C)C)cc4)C3=O)C2)n1. The van der Waals surface area contributed by atoms with Gasteiger partial charge in [0.1, 0.15) is 12.6 Å². The fourth-order valence-corrected chi connectivity index (χ4v) is 3.98. The molecule has 0 spiro atoms. The van der Waals surface area contributed by atoms with Crippen LogP contribution in [0, 0.1) is 0 Å². The van der Waals surface area contributed by atoms with Gasteiger partial charge in [0.05, 0.1) is 26.0 Å². The van der Waals surface area contributed by atoms with Gasteiger partial charge in [0.2, 0.25) is 17.7 Å². The number of anilines is 1. The van der Waals surface area contributed by atoms with Gasteiger partial charge in [0.25, 0.3) is 0 Å². The Morgan fingerprint density at radius 1 is 1.12 bits per heavy atom. The van der Waals surface area contributed by atoms with Crippen LogP contribution in [0.15, 0.2) is 36.7 Å². The summed E-state index contributed by atoms with van der Waals surface area (Å²) in [5.41, 5.74) is 2.10. The smallest absolute Gasteiger partial charge is 0.325 e. The summed E-state index contributed by atoms with van der Waals surface area (Å²) in [4.78, 5) is 39.0. The second kappa shape index (κ2) is 9.42. The number of likely N-dealkylation sites (tertiary alicyclic amines) is 1. The van der Waals surface area contributed by atoms with Gasteiger partial charge in [0.15, 0.2) is 0 Å². The van der Waals surface area contributed by atoms with Crippen molar-refractivity contribution in [3.8, 4) is 11.8 Å². The van der Waals surface area contributed by atoms with Gasteiger partial charge in [-0.1, -0.05) is 26.0 Å². The number of nitrogens with zero attached hydrogens (tertiary/aromatic N) is 5. The zero-order valence-corrected chi connectivity index (χ0v) is 18.7. The first-order chi connectivity index (χ1) is 15.4. The van der Waals surface area contributed by atoms with E-state index >= 15 is 0 Å². The van der Waals surface area contributed by atoms with Crippen LogP contribution in [-0.4, -0.2) is 77.6 Å². The van der Waals surface area contributed by atoms with Gasteiger partial charge in [0, 0.05) is 31.7 Å². The Labute approximate surface area is 187 Å². The lowest BCUT2D eigenvalue weighted by atomic mass is 10.0. The van der Waals surface area contributed by atoms with Crippen LogP contribution in [0.1, 0.15) is 31.7 Å². The molecule has 32 heavy (non-hydrogen) atoms. The van der Waals surface area contributed by atoms with Crippen LogP contribution < -0.4 is 14.4 Å². The summed E-state index contributed by atoms with van der Waals surface area (Å²) in [6, 6.07) is 7.93. The minimum atomic E-state index is -0.161. The van der Waals surface area contributed by atoms with E-state index in [-0.39, 0.29) is 24.6 Å². The highest BCUT2D eigenvalue weighted by Crippen LogP contribution is 2.24. The molecule has 9 nitrogen and oxygen atoms in total. The largest absolute Gasteiger partial charge is 0.480 e. The van der Waals surface area contributed by atoms with Crippen molar-refractivity contribution in [3.05, 3.63) is 42.2 Å². The maximum absolute atomic E-state index is 12.9. The summed E-state index contributed by atoms with van der Waals surface area (Å²) >= 11 is 0. The molecule has 1 unspecified atom stereocenters. The zero-order valence-electron chi connectivity index (χ0n) is 18.7.